The topological polar surface area (TPSA) is 51.2 Å². The molecule has 0 aliphatic rings. The summed E-state index contributed by atoms with van der Waals surface area (Å²) in [4.78, 5) is 16.0. The first-order valence-corrected chi connectivity index (χ1v) is 7.78. The van der Waals surface area contributed by atoms with Crippen LogP contribution in [0.5, 0.6) is 5.75 Å². The second kappa shape index (κ2) is 7.29. The summed E-state index contributed by atoms with van der Waals surface area (Å²) in [5, 5.41) is 0.448. The van der Waals surface area contributed by atoms with Crippen molar-refractivity contribution in [2.24, 2.45) is 0 Å². The van der Waals surface area contributed by atoms with Gasteiger partial charge in [-0.3, -0.25) is 4.79 Å². The highest BCUT2D eigenvalue weighted by atomic mass is 79.9. The number of pyridine rings is 1. The first-order chi connectivity index (χ1) is 10.8. The summed E-state index contributed by atoms with van der Waals surface area (Å²) in [6, 6.07) is 7.57. The number of carbonyl (C=O) groups is 1. The molecule has 0 aliphatic heterocycles. The predicted molar refractivity (Wildman–Crippen MR) is 91.9 cm³/mol. The van der Waals surface area contributed by atoms with E-state index in [9.17, 15) is 9.18 Å². The van der Waals surface area contributed by atoms with Crippen molar-refractivity contribution in [1.82, 2.24) is 4.98 Å². The third-order valence-electron chi connectivity index (χ3n) is 2.66. The third kappa shape index (κ3) is 4.92. The maximum Gasteiger partial charge on any atom is 0.347 e. The van der Waals surface area contributed by atoms with Gasteiger partial charge in [0.2, 0.25) is 0 Å². The van der Waals surface area contributed by atoms with Gasteiger partial charge in [-0.15, -0.1) is 0 Å². The lowest BCUT2D eigenvalue weighted by molar-refractivity contribution is 0.0690. The number of alkyl halides is 2. The smallest absolute Gasteiger partial charge is 0.347 e. The molecule has 0 bridgehead atoms. The number of nitrogens with one attached hydrogen (secondary N) is 1. The van der Waals surface area contributed by atoms with Crippen molar-refractivity contribution in [3.8, 4) is 5.75 Å². The van der Waals surface area contributed by atoms with E-state index in [1.54, 1.807) is 18.2 Å². The summed E-state index contributed by atoms with van der Waals surface area (Å²) in [7, 11) is 0. The Morgan fingerprint density at radius 3 is 2.65 bits per heavy atom. The Hall–Kier alpha value is -1.63. The SMILES string of the molecule is C=CC(F)(Cl)Oc1ccc(NC(=O)c2cnc(Cl)c(Br)c2)cc1. The molecule has 1 heterocycles. The predicted octanol–water partition coefficient (Wildman–Crippen LogP) is 5.18. The zero-order valence-electron chi connectivity index (χ0n) is 11.5. The first kappa shape index (κ1) is 17.7. The van der Waals surface area contributed by atoms with E-state index >= 15 is 0 Å². The second-order valence-corrected chi connectivity index (χ2v) is 6.07. The van der Waals surface area contributed by atoms with Crippen molar-refractivity contribution in [2.45, 2.75) is 5.31 Å². The number of amides is 1. The molecule has 8 heteroatoms. The van der Waals surface area contributed by atoms with Crippen LogP contribution in [0.2, 0.25) is 5.15 Å². The van der Waals surface area contributed by atoms with Gasteiger partial charge in [0.15, 0.2) is 0 Å². The molecule has 1 N–H and O–H groups in total. The highest BCUT2D eigenvalue weighted by Gasteiger charge is 2.23. The number of hydrogen-bond donors (Lipinski definition) is 1. The van der Waals surface area contributed by atoms with Crippen LogP contribution < -0.4 is 10.1 Å². The normalized spacial score (nSPS) is 13.0. The average Bonchev–Trinajstić information content (AvgIpc) is 2.51. The van der Waals surface area contributed by atoms with E-state index in [1.807, 2.05) is 0 Å². The Balaban J connectivity index is 2.07. The van der Waals surface area contributed by atoms with E-state index in [-0.39, 0.29) is 16.8 Å². The molecule has 0 radical (unpaired) electrons. The maximum absolute atomic E-state index is 13.4. The monoisotopic (exact) mass is 418 g/mol. The summed E-state index contributed by atoms with van der Waals surface area (Å²) in [6.07, 6.45) is 2.19. The quantitative estimate of drug-likeness (QED) is 0.412. The molecular formula is C15H10BrCl2FN2O2. The highest BCUT2D eigenvalue weighted by Crippen LogP contribution is 2.26. The molecule has 0 aliphatic carbocycles. The highest BCUT2D eigenvalue weighted by molar-refractivity contribution is 9.10. The molecule has 0 saturated carbocycles. The number of benzene rings is 1. The standard InChI is InChI=1S/C15H10BrCl2FN2O2/c1-2-15(18,19)23-11-5-3-10(4-6-11)21-14(22)9-7-12(16)13(17)20-8-9/h2-8H,1H2,(H,21,22). The number of nitrogens with zero attached hydrogens (tertiary/aromatic N) is 1. The van der Waals surface area contributed by atoms with E-state index in [0.717, 1.165) is 6.08 Å². The minimum atomic E-state index is -2.48. The van der Waals surface area contributed by atoms with Gasteiger partial charge in [0, 0.05) is 18.0 Å². The molecule has 2 rings (SSSR count). The zero-order valence-corrected chi connectivity index (χ0v) is 14.6. The number of ether oxygens (including phenoxy) is 1. The molecule has 4 nitrogen and oxygen atoms in total. The minimum Gasteiger partial charge on any atom is -0.442 e. The van der Waals surface area contributed by atoms with Crippen LogP contribution in [-0.4, -0.2) is 16.2 Å². The summed E-state index contributed by atoms with van der Waals surface area (Å²) < 4.78 is 18.8. The van der Waals surface area contributed by atoms with Crippen molar-refractivity contribution in [2.75, 3.05) is 5.32 Å². The average molecular weight is 420 g/mol. The van der Waals surface area contributed by atoms with Crippen LogP contribution in [0, 0.1) is 0 Å². The Morgan fingerprint density at radius 1 is 1.43 bits per heavy atom. The van der Waals surface area contributed by atoms with Gasteiger partial charge < -0.3 is 10.1 Å². The van der Waals surface area contributed by atoms with Crippen LogP contribution in [0.3, 0.4) is 0 Å². The van der Waals surface area contributed by atoms with Crippen molar-refractivity contribution >= 4 is 50.7 Å². The summed E-state index contributed by atoms with van der Waals surface area (Å²) >= 11 is 14.4. The van der Waals surface area contributed by atoms with E-state index in [0.29, 0.717) is 15.7 Å². The molecule has 2 aromatic rings. The number of anilines is 1. The van der Waals surface area contributed by atoms with Gasteiger partial charge in [-0.1, -0.05) is 18.2 Å². The second-order valence-electron chi connectivity index (χ2n) is 4.34. The van der Waals surface area contributed by atoms with E-state index in [1.165, 1.54) is 18.3 Å². The molecule has 0 saturated heterocycles. The number of hydrogen-bond acceptors (Lipinski definition) is 3. The van der Waals surface area contributed by atoms with Gasteiger partial charge in [0.25, 0.3) is 5.91 Å². The van der Waals surface area contributed by atoms with Crippen LogP contribution in [0.1, 0.15) is 10.4 Å². The van der Waals surface area contributed by atoms with Crippen LogP contribution in [0.25, 0.3) is 0 Å². The van der Waals surface area contributed by atoms with Gasteiger partial charge in [-0.2, -0.15) is 4.39 Å². The molecule has 1 atom stereocenters. The fourth-order valence-electron chi connectivity index (χ4n) is 1.55. The maximum atomic E-state index is 13.4. The van der Waals surface area contributed by atoms with Gasteiger partial charge in [-0.25, -0.2) is 4.98 Å². The van der Waals surface area contributed by atoms with Gasteiger partial charge in [-0.05, 0) is 57.9 Å². The molecule has 23 heavy (non-hydrogen) atoms. The summed E-state index contributed by atoms with van der Waals surface area (Å²) in [5.41, 5.74) is 0.822. The molecule has 120 valence electrons. The van der Waals surface area contributed by atoms with Crippen molar-refractivity contribution in [3.63, 3.8) is 0 Å². The Morgan fingerprint density at radius 2 is 2.09 bits per heavy atom. The summed E-state index contributed by atoms with van der Waals surface area (Å²) in [5.74, 6) is -0.178. The number of rotatable bonds is 5. The molecule has 0 spiro atoms. The van der Waals surface area contributed by atoms with E-state index in [4.69, 9.17) is 27.9 Å². The van der Waals surface area contributed by atoms with Crippen LogP contribution in [0.4, 0.5) is 10.1 Å². The molecular weight excluding hydrogens is 410 g/mol. The van der Waals surface area contributed by atoms with Crippen LogP contribution in [0.15, 0.2) is 53.7 Å². The lowest BCUT2D eigenvalue weighted by Gasteiger charge is -2.15. The van der Waals surface area contributed by atoms with Crippen molar-refractivity contribution in [3.05, 3.63) is 64.4 Å². The van der Waals surface area contributed by atoms with Gasteiger partial charge >= 0.3 is 5.31 Å². The van der Waals surface area contributed by atoms with Crippen LogP contribution in [-0.2, 0) is 0 Å². The fraction of sp³-hybridized carbons (Fsp3) is 0.0667. The lowest BCUT2D eigenvalue weighted by Crippen LogP contribution is -2.19. The first-order valence-electron chi connectivity index (χ1n) is 6.23. The Bertz CT molecular complexity index is 739. The van der Waals surface area contributed by atoms with Gasteiger partial charge in [0.05, 0.1) is 10.0 Å². The Kier molecular flexibility index (Phi) is 5.62. The fourth-order valence-corrected chi connectivity index (χ4v) is 2.10. The minimum absolute atomic E-state index is 0.191. The van der Waals surface area contributed by atoms with Crippen molar-refractivity contribution < 1.29 is 13.9 Å². The van der Waals surface area contributed by atoms with E-state index < -0.39 is 5.31 Å². The molecule has 1 aromatic heterocycles. The number of carbonyl (C=O) groups excluding carboxylic acids is 1. The molecule has 1 amide bonds. The Labute approximate surface area is 150 Å². The number of aromatic nitrogens is 1. The zero-order chi connectivity index (χ0) is 17.0. The molecule has 1 unspecified atom stereocenters. The lowest BCUT2D eigenvalue weighted by atomic mass is 10.2. The molecule has 1 aromatic carbocycles. The third-order valence-corrected chi connectivity index (χ3v) is 4.03. The van der Waals surface area contributed by atoms with Crippen LogP contribution >= 0.6 is 39.1 Å². The van der Waals surface area contributed by atoms with Gasteiger partial charge in [0.1, 0.15) is 10.9 Å². The molecule has 0 fully saturated rings. The van der Waals surface area contributed by atoms with E-state index in [2.05, 4.69) is 32.8 Å². The summed E-state index contributed by atoms with van der Waals surface area (Å²) in [6.45, 7) is 3.22. The van der Waals surface area contributed by atoms with Crippen molar-refractivity contribution in [1.29, 1.82) is 0 Å². The number of halogens is 4. The largest absolute Gasteiger partial charge is 0.442 e.